The summed E-state index contributed by atoms with van der Waals surface area (Å²) >= 11 is 0. The van der Waals surface area contributed by atoms with Crippen LogP contribution in [0, 0.1) is 11.3 Å². The standard InChI is InChI=1S/C14H25N3O2/c1-3-14(6-7-16-10-14)13(19)17-8-4-11(5-9-17)12(18)15-2/h11,16H,3-10H2,1-2H3,(H,15,18). The van der Waals surface area contributed by atoms with Crippen molar-refractivity contribution in [2.45, 2.75) is 32.6 Å². The quantitative estimate of drug-likeness (QED) is 0.776. The average molecular weight is 267 g/mol. The first-order valence-electron chi connectivity index (χ1n) is 7.34. The molecule has 0 aromatic heterocycles. The highest BCUT2D eigenvalue weighted by atomic mass is 16.2. The van der Waals surface area contributed by atoms with Gasteiger partial charge in [-0.1, -0.05) is 6.92 Å². The van der Waals surface area contributed by atoms with Gasteiger partial charge in [-0.2, -0.15) is 0 Å². The molecule has 2 aliphatic rings. The fraction of sp³-hybridized carbons (Fsp3) is 0.857. The van der Waals surface area contributed by atoms with E-state index in [2.05, 4.69) is 17.6 Å². The number of nitrogens with zero attached hydrogens (tertiary/aromatic N) is 1. The summed E-state index contributed by atoms with van der Waals surface area (Å²) in [5.74, 6) is 0.475. The Labute approximate surface area is 115 Å². The van der Waals surface area contributed by atoms with Crippen LogP contribution in [0.5, 0.6) is 0 Å². The van der Waals surface area contributed by atoms with Gasteiger partial charge in [-0.05, 0) is 32.2 Å². The molecule has 5 nitrogen and oxygen atoms in total. The van der Waals surface area contributed by atoms with E-state index in [1.807, 2.05) is 4.90 Å². The van der Waals surface area contributed by atoms with Crippen molar-refractivity contribution < 1.29 is 9.59 Å². The number of nitrogens with one attached hydrogen (secondary N) is 2. The number of carbonyl (C=O) groups is 2. The van der Waals surface area contributed by atoms with Crippen LogP contribution < -0.4 is 10.6 Å². The molecule has 2 N–H and O–H groups in total. The first-order chi connectivity index (χ1) is 9.13. The first-order valence-corrected chi connectivity index (χ1v) is 7.34. The van der Waals surface area contributed by atoms with E-state index in [1.54, 1.807) is 7.05 Å². The highest BCUT2D eigenvalue weighted by molar-refractivity contribution is 5.84. The zero-order valence-corrected chi connectivity index (χ0v) is 12.0. The minimum atomic E-state index is -0.195. The largest absolute Gasteiger partial charge is 0.359 e. The van der Waals surface area contributed by atoms with Crippen LogP contribution in [0.25, 0.3) is 0 Å². The Bertz CT molecular complexity index is 343. The third-order valence-electron chi connectivity index (χ3n) is 4.77. The molecular formula is C14H25N3O2. The monoisotopic (exact) mass is 267 g/mol. The van der Waals surface area contributed by atoms with E-state index in [0.717, 1.165) is 51.9 Å². The maximum atomic E-state index is 12.7. The van der Waals surface area contributed by atoms with Crippen LogP contribution in [-0.4, -0.2) is 49.9 Å². The summed E-state index contributed by atoms with van der Waals surface area (Å²) in [4.78, 5) is 26.2. The summed E-state index contributed by atoms with van der Waals surface area (Å²) in [6.07, 6.45) is 3.42. The Morgan fingerprint density at radius 1 is 1.37 bits per heavy atom. The average Bonchev–Trinajstić information content (AvgIpc) is 2.96. The summed E-state index contributed by atoms with van der Waals surface area (Å²) in [5, 5.41) is 6.01. The van der Waals surface area contributed by atoms with Gasteiger partial charge in [0, 0.05) is 32.6 Å². The van der Waals surface area contributed by atoms with Crippen molar-refractivity contribution in [1.29, 1.82) is 0 Å². The highest BCUT2D eigenvalue weighted by Gasteiger charge is 2.42. The molecule has 2 amide bonds. The number of amides is 2. The van der Waals surface area contributed by atoms with E-state index < -0.39 is 0 Å². The smallest absolute Gasteiger partial charge is 0.230 e. The summed E-state index contributed by atoms with van der Waals surface area (Å²) in [5.41, 5.74) is -0.195. The summed E-state index contributed by atoms with van der Waals surface area (Å²) < 4.78 is 0. The summed E-state index contributed by atoms with van der Waals surface area (Å²) in [6.45, 7) is 5.28. The van der Waals surface area contributed by atoms with Gasteiger partial charge >= 0.3 is 0 Å². The van der Waals surface area contributed by atoms with Gasteiger partial charge < -0.3 is 15.5 Å². The molecule has 19 heavy (non-hydrogen) atoms. The Hall–Kier alpha value is -1.10. The molecule has 108 valence electrons. The fourth-order valence-electron chi connectivity index (χ4n) is 3.26. The van der Waals surface area contributed by atoms with Gasteiger partial charge in [-0.15, -0.1) is 0 Å². The lowest BCUT2D eigenvalue weighted by Crippen LogP contribution is -2.49. The van der Waals surface area contributed by atoms with E-state index >= 15 is 0 Å². The highest BCUT2D eigenvalue weighted by Crippen LogP contribution is 2.33. The number of hydrogen-bond acceptors (Lipinski definition) is 3. The second-order valence-corrected chi connectivity index (χ2v) is 5.74. The van der Waals surface area contributed by atoms with Gasteiger partial charge in [-0.3, -0.25) is 9.59 Å². The van der Waals surface area contributed by atoms with Crippen LogP contribution in [0.2, 0.25) is 0 Å². The maximum absolute atomic E-state index is 12.7. The molecule has 0 radical (unpaired) electrons. The van der Waals surface area contributed by atoms with Crippen LogP contribution in [0.3, 0.4) is 0 Å². The van der Waals surface area contributed by atoms with Crippen LogP contribution in [0.15, 0.2) is 0 Å². The van der Waals surface area contributed by atoms with E-state index in [1.165, 1.54) is 0 Å². The Morgan fingerprint density at radius 2 is 2.05 bits per heavy atom. The summed E-state index contributed by atoms with van der Waals surface area (Å²) in [7, 11) is 1.68. The Balaban J connectivity index is 1.94. The lowest BCUT2D eigenvalue weighted by molar-refractivity contribution is -0.144. The molecule has 0 spiro atoms. The SMILES string of the molecule is CCC1(C(=O)N2CCC(C(=O)NC)CC2)CCNC1. The minimum Gasteiger partial charge on any atom is -0.359 e. The van der Waals surface area contributed by atoms with Gasteiger partial charge in [-0.25, -0.2) is 0 Å². The molecule has 1 atom stereocenters. The third-order valence-corrected chi connectivity index (χ3v) is 4.77. The normalized spacial score (nSPS) is 28.4. The molecule has 0 aromatic rings. The van der Waals surface area contributed by atoms with E-state index in [4.69, 9.17) is 0 Å². The second-order valence-electron chi connectivity index (χ2n) is 5.74. The van der Waals surface area contributed by atoms with Crippen LogP contribution >= 0.6 is 0 Å². The number of piperidine rings is 1. The molecule has 1 unspecified atom stereocenters. The molecule has 0 aromatic carbocycles. The van der Waals surface area contributed by atoms with Crippen LogP contribution in [-0.2, 0) is 9.59 Å². The Morgan fingerprint density at radius 3 is 2.53 bits per heavy atom. The maximum Gasteiger partial charge on any atom is 0.230 e. The first kappa shape index (κ1) is 14.3. The lowest BCUT2D eigenvalue weighted by atomic mass is 9.82. The van der Waals surface area contributed by atoms with Gasteiger partial charge in [0.2, 0.25) is 11.8 Å². The van der Waals surface area contributed by atoms with Crippen LogP contribution in [0.4, 0.5) is 0 Å². The predicted molar refractivity (Wildman–Crippen MR) is 73.6 cm³/mol. The predicted octanol–water partition coefficient (Wildman–Crippen LogP) is 0.361. The van der Waals surface area contributed by atoms with Gasteiger partial charge in [0.15, 0.2) is 0 Å². The molecule has 5 heteroatoms. The van der Waals surface area contributed by atoms with E-state index in [9.17, 15) is 9.59 Å². The lowest BCUT2D eigenvalue weighted by Gasteiger charge is -2.37. The number of hydrogen-bond donors (Lipinski definition) is 2. The second kappa shape index (κ2) is 5.90. The topological polar surface area (TPSA) is 61.4 Å². The van der Waals surface area contributed by atoms with Crippen molar-refractivity contribution in [3.8, 4) is 0 Å². The molecule has 0 aliphatic carbocycles. The van der Waals surface area contributed by atoms with Crippen LogP contribution in [0.1, 0.15) is 32.6 Å². The zero-order chi connectivity index (χ0) is 13.9. The summed E-state index contributed by atoms with van der Waals surface area (Å²) in [6, 6.07) is 0. The van der Waals surface area contributed by atoms with Crippen molar-refractivity contribution in [3.05, 3.63) is 0 Å². The fourth-order valence-corrected chi connectivity index (χ4v) is 3.26. The molecule has 2 fully saturated rings. The zero-order valence-electron chi connectivity index (χ0n) is 12.0. The number of carbonyl (C=O) groups excluding carboxylic acids is 2. The molecule has 0 bridgehead atoms. The molecule has 2 heterocycles. The number of likely N-dealkylation sites (tertiary alicyclic amines) is 1. The molecule has 0 saturated carbocycles. The van der Waals surface area contributed by atoms with Crippen molar-refractivity contribution in [1.82, 2.24) is 15.5 Å². The van der Waals surface area contributed by atoms with Crippen molar-refractivity contribution in [2.75, 3.05) is 33.2 Å². The van der Waals surface area contributed by atoms with Gasteiger partial charge in [0.05, 0.1) is 5.41 Å². The molecular weight excluding hydrogens is 242 g/mol. The third kappa shape index (κ3) is 2.76. The van der Waals surface area contributed by atoms with Crippen molar-refractivity contribution in [2.24, 2.45) is 11.3 Å². The molecule has 2 rings (SSSR count). The van der Waals surface area contributed by atoms with E-state index in [0.29, 0.717) is 0 Å². The van der Waals surface area contributed by atoms with Crippen molar-refractivity contribution in [3.63, 3.8) is 0 Å². The van der Waals surface area contributed by atoms with E-state index in [-0.39, 0.29) is 23.1 Å². The van der Waals surface area contributed by atoms with Crippen molar-refractivity contribution >= 4 is 11.8 Å². The van der Waals surface area contributed by atoms with Gasteiger partial charge in [0.25, 0.3) is 0 Å². The minimum absolute atomic E-state index is 0.0772. The Kier molecular flexibility index (Phi) is 4.45. The molecule has 2 saturated heterocycles. The molecule has 2 aliphatic heterocycles. The van der Waals surface area contributed by atoms with Gasteiger partial charge in [0.1, 0.15) is 0 Å². The number of rotatable bonds is 3.